The highest BCUT2D eigenvalue weighted by Crippen LogP contribution is 2.25. The van der Waals surface area contributed by atoms with Gasteiger partial charge in [-0.1, -0.05) is 0 Å². The number of nitrogens with one attached hydrogen (secondary N) is 1. The number of pyridine rings is 1. The lowest BCUT2D eigenvalue weighted by atomic mass is 10.2. The number of amides is 2. The minimum absolute atomic E-state index is 0.188. The third-order valence-corrected chi connectivity index (χ3v) is 4.13. The second kappa shape index (κ2) is 7.25. The molecule has 1 aromatic rings. The number of aromatic nitrogens is 1. The number of nitrogens with zero attached hydrogens (tertiary/aromatic N) is 3. The average Bonchev–Trinajstić information content (AvgIpc) is 2.55. The van der Waals surface area contributed by atoms with Gasteiger partial charge in [-0.2, -0.15) is 13.2 Å². The average molecular weight is 346 g/mol. The molecule has 0 saturated carbocycles. The van der Waals surface area contributed by atoms with Crippen molar-refractivity contribution >= 4 is 11.7 Å². The van der Waals surface area contributed by atoms with Crippen molar-refractivity contribution in [2.75, 3.05) is 38.6 Å². The molecule has 0 aromatic carbocycles. The molecular weight excluding hydrogens is 325 g/mol. The third-order valence-electron chi connectivity index (χ3n) is 4.13. The highest BCUT2D eigenvalue weighted by molar-refractivity contribution is 5.90. The number of piperazine rings is 1. The minimum Gasteiger partial charge on any atom is -0.481 e. The van der Waals surface area contributed by atoms with Crippen LogP contribution >= 0.6 is 0 Å². The molecule has 1 aromatic heterocycles. The van der Waals surface area contributed by atoms with Crippen LogP contribution in [-0.4, -0.2) is 66.3 Å². The number of ether oxygens (including phenoxy) is 1. The fourth-order valence-electron chi connectivity index (χ4n) is 2.50. The third kappa shape index (κ3) is 4.28. The fraction of sp³-hybridized carbons (Fsp3) is 0.600. The molecule has 0 bridgehead atoms. The van der Waals surface area contributed by atoms with E-state index in [1.165, 1.54) is 16.9 Å². The molecule has 24 heavy (non-hydrogen) atoms. The number of halogens is 3. The number of alkyl halides is 3. The predicted octanol–water partition coefficient (Wildman–Crippen LogP) is 2.50. The molecule has 1 N–H and O–H groups in total. The molecule has 0 spiro atoms. The van der Waals surface area contributed by atoms with Crippen molar-refractivity contribution in [3.05, 3.63) is 17.8 Å². The SMILES string of the molecule is COc1ccc(NC(=O)N2CCN(C(C)C(F)(F)F)CC2)c(C)n1. The maximum atomic E-state index is 12.7. The molecule has 2 amide bonds. The Balaban J connectivity index is 1.91. The molecule has 1 fully saturated rings. The van der Waals surface area contributed by atoms with Crippen LogP contribution < -0.4 is 10.1 Å². The van der Waals surface area contributed by atoms with Gasteiger partial charge in [0, 0.05) is 32.2 Å². The highest BCUT2D eigenvalue weighted by atomic mass is 19.4. The van der Waals surface area contributed by atoms with E-state index in [0.717, 1.165) is 6.92 Å². The van der Waals surface area contributed by atoms with Gasteiger partial charge >= 0.3 is 12.2 Å². The van der Waals surface area contributed by atoms with Gasteiger partial charge in [0.05, 0.1) is 18.5 Å². The van der Waals surface area contributed by atoms with E-state index in [9.17, 15) is 18.0 Å². The van der Waals surface area contributed by atoms with Gasteiger partial charge in [-0.05, 0) is 19.9 Å². The fourth-order valence-corrected chi connectivity index (χ4v) is 2.50. The van der Waals surface area contributed by atoms with E-state index in [1.54, 1.807) is 19.1 Å². The zero-order valence-electron chi connectivity index (χ0n) is 13.9. The molecule has 6 nitrogen and oxygen atoms in total. The summed E-state index contributed by atoms with van der Waals surface area (Å²) in [7, 11) is 1.50. The molecule has 2 rings (SSSR count). The van der Waals surface area contributed by atoms with Crippen LogP contribution in [0.25, 0.3) is 0 Å². The number of methoxy groups -OCH3 is 1. The molecule has 0 radical (unpaired) electrons. The quantitative estimate of drug-likeness (QED) is 0.914. The topological polar surface area (TPSA) is 57.7 Å². The summed E-state index contributed by atoms with van der Waals surface area (Å²) in [5.41, 5.74) is 1.15. The van der Waals surface area contributed by atoms with Gasteiger partial charge in [-0.3, -0.25) is 4.90 Å². The van der Waals surface area contributed by atoms with Crippen LogP contribution in [0.1, 0.15) is 12.6 Å². The van der Waals surface area contributed by atoms with Crippen molar-refractivity contribution in [3.63, 3.8) is 0 Å². The number of anilines is 1. The van der Waals surface area contributed by atoms with Gasteiger partial charge in [0.2, 0.25) is 5.88 Å². The number of urea groups is 1. The number of hydrogen-bond acceptors (Lipinski definition) is 4. The summed E-state index contributed by atoms with van der Waals surface area (Å²) in [4.78, 5) is 19.3. The van der Waals surface area contributed by atoms with E-state index in [0.29, 0.717) is 17.3 Å². The van der Waals surface area contributed by atoms with Crippen LogP contribution in [0.5, 0.6) is 5.88 Å². The van der Waals surface area contributed by atoms with E-state index in [1.807, 2.05) is 0 Å². The molecule has 1 atom stereocenters. The first-order chi connectivity index (χ1) is 11.2. The van der Waals surface area contributed by atoms with Crippen LogP contribution in [0, 0.1) is 6.92 Å². The first-order valence-electron chi connectivity index (χ1n) is 7.60. The van der Waals surface area contributed by atoms with Gasteiger partial charge in [-0.15, -0.1) is 0 Å². The normalized spacial score (nSPS) is 17.5. The van der Waals surface area contributed by atoms with Crippen LogP contribution in [-0.2, 0) is 0 Å². The van der Waals surface area contributed by atoms with Crippen molar-refractivity contribution in [2.45, 2.75) is 26.1 Å². The van der Waals surface area contributed by atoms with Crippen molar-refractivity contribution in [2.24, 2.45) is 0 Å². The van der Waals surface area contributed by atoms with Crippen molar-refractivity contribution in [1.82, 2.24) is 14.8 Å². The summed E-state index contributed by atoms with van der Waals surface area (Å²) < 4.78 is 43.2. The number of rotatable bonds is 3. The summed E-state index contributed by atoms with van der Waals surface area (Å²) in [5.74, 6) is 0.445. The van der Waals surface area contributed by atoms with Crippen LogP contribution in [0.2, 0.25) is 0 Å². The van der Waals surface area contributed by atoms with Gasteiger partial charge in [0.15, 0.2) is 0 Å². The smallest absolute Gasteiger partial charge is 0.403 e. The van der Waals surface area contributed by atoms with Crippen molar-refractivity contribution in [3.8, 4) is 5.88 Å². The Morgan fingerprint density at radius 1 is 1.29 bits per heavy atom. The molecule has 1 aliphatic heterocycles. The highest BCUT2D eigenvalue weighted by Gasteiger charge is 2.41. The molecule has 134 valence electrons. The van der Waals surface area contributed by atoms with Crippen LogP contribution in [0.3, 0.4) is 0 Å². The van der Waals surface area contributed by atoms with Crippen molar-refractivity contribution < 1.29 is 22.7 Å². The molecule has 1 aliphatic rings. The molecule has 1 unspecified atom stereocenters. The van der Waals surface area contributed by atoms with E-state index in [4.69, 9.17) is 4.74 Å². The Hall–Kier alpha value is -2.03. The number of hydrogen-bond donors (Lipinski definition) is 1. The monoisotopic (exact) mass is 346 g/mol. The lowest BCUT2D eigenvalue weighted by Crippen LogP contribution is -2.55. The molecular formula is C15H21F3N4O2. The summed E-state index contributed by atoms with van der Waals surface area (Å²) in [6.07, 6.45) is -4.25. The summed E-state index contributed by atoms with van der Waals surface area (Å²) in [6, 6.07) is 1.47. The first kappa shape index (κ1) is 18.3. The number of carbonyl (C=O) groups is 1. The Morgan fingerprint density at radius 3 is 2.42 bits per heavy atom. The minimum atomic E-state index is -4.25. The first-order valence-corrected chi connectivity index (χ1v) is 7.60. The molecule has 9 heteroatoms. The Morgan fingerprint density at radius 2 is 1.92 bits per heavy atom. The summed E-state index contributed by atoms with van der Waals surface area (Å²) in [6.45, 7) is 3.74. The number of aryl methyl sites for hydroxylation is 1. The summed E-state index contributed by atoms with van der Waals surface area (Å²) >= 11 is 0. The zero-order chi connectivity index (χ0) is 17.9. The second-order valence-electron chi connectivity index (χ2n) is 5.66. The van der Waals surface area contributed by atoms with Crippen LogP contribution in [0.4, 0.5) is 23.7 Å². The second-order valence-corrected chi connectivity index (χ2v) is 5.66. The van der Waals surface area contributed by atoms with Crippen molar-refractivity contribution in [1.29, 1.82) is 0 Å². The van der Waals surface area contributed by atoms with Gasteiger partial charge in [-0.25, -0.2) is 9.78 Å². The van der Waals surface area contributed by atoms with Gasteiger partial charge < -0.3 is 15.0 Å². The van der Waals surface area contributed by atoms with E-state index >= 15 is 0 Å². The summed E-state index contributed by atoms with van der Waals surface area (Å²) in [5, 5.41) is 2.73. The number of carbonyl (C=O) groups excluding carboxylic acids is 1. The molecule has 0 aliphatic carbocycles. The van der Waals surface area contributed by atoms with E-state index in [2.05, 4.69) is 10.3 Å². The predicted molar refractivity (Wildman–Crippen MR) is 83.2 cm³/mol. The zero-order valence-corrected chi connectivity index (χ0v) is 13.9. The Kier molecular flexibility index (Phi) is 5.53. The molecule has 1 saturated heterocycles. The lowest BCUT2D eigenvalue weighted by Gasteiger charge is -2.38. The standard InChI is InChI=1S/C15H21F3N4O2/c1-10-12(4-5-13(19-10)24-3)20-14(23)22-8-6-21(7-9-22)11(2)15(16,17)18/h4-5,11H,6-9H2,1-3H3,(H,20,23). The van der Waals surface area contributed by atoms with E-state index in [-0.39, 0.29) is 32.2 Å². The van der Waals surface area contributed by atoms with E-state index < -0.39 is 12.2 Å². The Bertz CT molecular complexity index is 587. The van der Waals surface area contributed by atoms with Gasteiger partial charge in [0.25, 0.3) is 0 Å². The van der Waals surface area contributed by atoms with Gasteiger partial charge in [0.1, 0.15) is 6.04 Å². The Labute approximate surface area is 138 Å². The maximum Gasteiger partial charge on any atom is 0.403 e. The van der Waals surface area contributed by atoms with Crippen LogP contribution in [0.15, 0.2) is 12.1 Å². The maximum absolute atomic E-state index is 12.7. The lowest BCUT2D eigenvalue weighted by molar-refractivity contribution is -0.181. The molecule has 2 heterocycles. The largest absolute Gasteiger partial charge is 0.481 e.